The zero-order valence-corrected chi connectivity index (χ0v) is 18.9. The number of likely N-dealkylation sites (tertiary alicyclic amines) is 1. The van der Waals surface area contributed by atoms with Crippen LogP contribution in [0.2, 0.25) is 0 Å². The highest BCUT2D eigenvalue weighted by molar-refractivity contribution is 6.02. The van der Waals surface area contributed by atoms with Crippen LogP contribution >= 0.6 is 0 Å². The van der Waals surface area contributed by atoms with Crippen LogP contribution in [0.1, 0.15) is 28.8 Å². The van der Waals surface area contributed by atoms with Crippen LogP contribution < -0.4 is 27.8 Å². The number of amides is 3. The van der Waals surface area contributed by atoms with Gasteiger partial charge in [-0.05, 0) is 30.7 Å². The molecule has 4 aliphatic heterocycles. The van der Waals surface area contributed by atoms with Crippen molar-refractivity contribution in [1.82, 2.24) is 20.4 Å². The Hall–Kier alpha value is -3.91. The number of rotatable bonds is 4. The highest BCUT2D eigenvalue weighted by atomic mass is 16.5. The number of hydrogen-bond donors (Lipinski definition) is 7. The van der Waals surface area contributed by atoms with Crippen molar-refractivity contribution in [2.24, 2.45) is 21.5 Å². The summed E-state index contributed by atoms with van der Waals surface area (Å²) in [6.45, 7) is 1.49. The Morgan fingerprint density at radius 1 is 1.20 bits per heavy atom. The Bertz CT molecular complexity index is 1180. The van der Waals surface area contributed by atoms with Gasteiger partial charge in [0, 0.05) is 30.6 Å². The quantitative estimate of drug-likeness (QED) is 0.126. The zero-order chi connectivity index (χ0) is 25.3. The van der Waals surface area contributed by atoms with Crippen molar-refractivity contribution in [3.05, 3.63) is 29.3 Å². The van der Waals surface area contributed by atoms with Gasteiger partial charge in [0.05, 0.1) is 12.6 Å². The van der Waals surface area contributed by atoms with Gasteiger partial charge in [-0.25, -0.2) is 9.98 Å². The second kappa shape index (κ2) is 7.55. The third kappa shape index (κ3) is 3.20. The topological polar surface area (TPSA) is 225 Å². The fourth-order valence-corrected chi connectivity index (χ4v) is 5.31. The SMILES string of the molecule is Cc1cc(C(=O)N[C@H]2CN3C(N)=N[C@@H](CN4C(=O)CCC4=O)[C@@H]4N=C(N)N[C@@]43C2(O)O)ccc1N. The van der Waals surface area contributed by atoms with Gasteiger partial charge in [-0.2, -0.15) is 0 Å². The summed E-state index contributed by atoms with van der Waals surface area (Å²) in [5.41, 5.74) is 17.7. The van der Waals surface area contributed by atoms with E-state index < -0.39 is 35.5 Å². The third-order valence-electron chi connectivity index (χ3n) is 7.16. The van der Waals surface area contributed by atoms with Gasteiger partial charge < -0.3 is 42.9 Å². The van der Waals surface area contributed by atoms with Crippen molar-refractivity contribution in [3.8, 4) is 0 Å². The molecule has 14 heteroatoms. The van der Waals surface area contributed by atoms with Crippen molar-refractivity contribution in [3.63, 3.8) is 0 Å². The van der Waals surface area contributed by atoms with E-state index in [1.807, 2.05) is 0 Å². The fraction of sp³-hybridized carbons (Fsp3) is 0.476. The largest absolute Gasteiger partial charge is 0.399 e. The number of aryl methyl sites for hydroxylation is 1. The molecular weight excluding hydrogens is 458 g/mol. The molecule has 10 N–H and O–H groups in total. The van der Waals surface area contributed by atoms with E-state index in [1.54, 1.807) is 19.1 Å². The van der Waals surface area contributed by atoms with Crippen LogP contribution in [-0.2, 0) is 9.59 Å². The van der Waals surface area contributed by atoms with E-state index in [1.165, 1.54) is 11.0 Å². The van der Waals surface area contributed by atoms with E-state index in [0.29, 0.717) is 11.3 Å². The molecule has 1 aromatic rings. The number of nitrogens with zero attached hydrogens (tertiary/aromatic N) is 4. The van der Waals surface area contributed by atoms with Crippen molar-refractivity contribution in [2.75, 3.05) is 18.8 Å². The lowest BCUT2D eigenvalue weighted by Crippen LogP contribution is -2.78. The molecule has 5 rings (SSSR count). The molecule has 0 saturated carbocycles. The molecule has 14 nitrogen and oxygen atoms in total. The number of benzene rings is 1. The first kappa shape index (κ1) is 22.9. The molecule has 35 heavy (non-hydrogen) atoms. The first-order valence-electron chi connectivity index (χ1n) is 11.1. The van der Waals surface area contributed by atoms with E-state index in [4.69, 9.17) is 17.2 Å². The van der Waals surface area contributed by atoms with E-state index in [9.17, 15) is 24.6 Å². The van der Waals surface area contributed by atoms with Crippen LogP contribution in [0.4, 0.5) is 5.69 Å². The minimum atomic E-state index is -2.63. The number of hydrogen-bond acceptors (Lipinski definition) is 12. The molecule has 4 atom stereocenters. The molecule has 3 amide bonds. The standard InChI is InChI=1S/C21H27N9O5/c1-9-6-10(2-3-11(9)22)17(33)26-13-8-30-19(24)25-12(7-29-14(31)4-5-15(29)32)16-20(30,21(13,34)35)28-18(23)27-16/h2-3,6,12-13,16,34-35H,4-5,7-8,22H2,1H3,(H2,24,25)(H,26,33)(H3,23,27,28)/t12-,13-,16-,20-/m0/s1. The monoisotopic (exact) mass is 485 g/mol. The lowest BCUT2D eigenvalue weighted by molar-refractivity contribution is -0.230. The smallest absolute Gasteiger partial charge is 0.251 e. The summed E-state index contributed by atoms with van der Waals surface area (Å²) in [7, 11) is 0. The van der Waals surface area contributed by atoms with Gasteiger partial charge in [-0.1, -0.05) is 0 Å². The Labute approximate surface area is 199 Å². The highest BCUT2D eigenvalue weighted by Gasteiger charge is 2.73. The molecule has 2 saturated heterocycles. The predicted molar refractivity (Wildman–Crippen MR) is 123 cm³/mol. The number of nitrogens with one attached hydrogen (secondary N) is 2. The van der Waals surface area contributed by atoms with E-state index >= 15 is 0 Å². The summed E-state index contributed by atoms with van der Waals surface area (Å²) >= 11 is 0. The van der Waals surface area contributed by atoms with Gasteiger partial charge in [-0.15, -0.1) is 0 Å². The van der Waals surface area contributed by atoms with Gasteiger partial charge in [0.1, 0.15) is 12.1 Å². The molecule has 0 aliphatic carbocycles. The maximum Gasteiger partial charge on any atom is 0.251 e. The van der Waals surface area contributed by atoms with Crippen molar-refractivity contribution < 1.29 is 24.6 Å². The lowest BCUT2D eigenvalue weighted by atomic mass is 9.84. The van der Waals surface area contributed by atoms with Crippen molar-refractivity contribution in [1.29, 1.82) is 0 Å². The van der Waals surface area contributed by atoms with E-state index in [0.717, 1.165) is 4.90 Å². The summed E-state index contributed by atoms with van der Waals surface area (Å²) in [4.78, 5) is 48.5. The Balaban J connectivity index is 1.46. The van der Waals surface area contributed by atoms with Gasteiger partial charge in [0.15, 0.2) is 17.6 Å². The second-order valence-corrected chi connectivity index (χ2v) is 9.24. The number of anilines is 1. The summed E-state index contributed by atoms with van der Waals surface area (Å²) in [6, 6.07) is 1.57. The normalized spacial score (nSPS) is 31.0. The second-order valence-electron chi connectivity index (χ2n) is 9.24. The van der Waals surface area contributed by atoms with Crippen molar-refractivity contribution in [2.45, 2.75) is 49.3 Å². The highest BCUT2D eigenvalue weighted by Crippen LogP contribution is 2.45. The molecule has 0 unspecified atom stereocenters. The molecule has 1 spiro atoms. The van der Waals surface area contributed by atoms with Gasteiger partial charge in [0.2, 0.25) is 17.6 Å². The maximum atomic E-state index is 13.0. The summed E-state index contributed by atoms with van der Waals surface area (Å²) in [5.74, 6) is -4.04. The molecular formula is C21H27N9O5. The Kier molecular flexibility index (Phi) is 4.93. The van der Waals surface area contributed by atoms with E-state index in [-0.39, 0.29) is 55.2 Å². The molecule has 4 aliphatic rings. The fourth-order valence-electron chi connectivity index (χ4n) is 5.31. The Morgan fingerprint density at radius 2 is 1.89 bits per heavy atom. The molecule has 0 radical (unpaired) electrons. The lowest BCUT2D eigenvalue weighted by Gasteiger charge is -2.49. The first-order valence-corrected chi connectivity index (χ1v) is 11.1. The number of imide groups is 1. The first-order chi connectivity index (χ1) is 16.5. The minimum Gasteiger partial charge on any atom is -0.399 e. The molecule has 0 aromatic heterocycles. The average Bonchev–Trinajstić information content (AvgIpc) is 3.38. The van der Waals surface area contributed by atoms with Crippen LogP contribution in [0.15, 0.2) is 28.2 Å². The van der Waals surface area contributed by atoms with E-state index in [2.05, 4.69) is 20.6 Å². The maximum absolute atomic E-state index is 13.0. The van der Waals surface area contributed by atoms with Crippen LogP contribution in [0, 0.1) is 6.92 Å². The molecule has 186 valence electrons. The average molecular weight is 486 g/mol. The minimum absolute atomic E-state index is 0.0738. The molecule has 0 bridgehead atoms. The van der Waals surface area contributed by atoms with Gasteiger partial charge in [-0.3, -0.25) is 19.3 Å². The number of carbonyl (C=O) groups is 3. The van der Waals surface area contributed by atoms with Gasteiger partial charge >= 0.3 is 0 Å². The van der Waals surface area contributed by atoms with Crippen molar-refractivity contribution >= 4 is 35.3 Å². The number of carbonyl (C=O) groups excluding carboxylic acids is 3. The Morgan fingerprint density at radius 3 is 2.54 bits per heavy atom. The van der Waals surface area contributed by atoms with Crippen LogP contribution in [0.25, 0.3) is 0 Å². The number of nitrogen functional groups attached to an aromatic ring is 1. The van der Waals surface area contributed by atoms with Crippen LogP contribution in [0.3, 0.4) is 0 Å². The molecule has 4 heterocycles. The van der Waals surface area contributed by atoms with Crippen LogP contribution in [-0.4, -0.2) is 92.3 Å². The number of aliphatic hydroxyl groups is 2. The number of aliphatic imine (C=N–C) groups is 2. The predicted octanol–water partition coefficient (Wildman–Crippen LogP) is -3.50. The summed E-state index contributed by atoms with van der Waals surface area (Å²) in [5, 5.41) is 28.4. The molecule has 1 aromatic carbocycles. The summed E-state index contributed by atoms with van der Waals surface area (Å²) in [6.07, 6.45) is 0.192. The number of guanidine groups is 2. The summed E-state index contributed by atoms with van der Waals surface area (Å²) < 4.78 is 0. The van der Waals surface area contributed by atoms with Gasteiger partial charge in [0.25, 0.3) is 5.91 Å². The third-order valence-corrected chi connectivity index (χ3v) is 7.16. The number of nitrogens with two attached hydrogens (primary N) is 3. The van der Waals surface area contributed by atoms with Crippen LogP contribution in [0.5, 0.6) is 0 Å². The zero-order valence-electron chi connectivity index (χ0n) is 18.9. The molecule has 2 fully saturated rings.